The lowest BCUT2D eigenvalue weighted by Gasteiger charge is -2.41. The number of hydrogen-bond acceptors (Lipinski definition) is 10. The van der Waals surface area contributed by atoms with Crippen molar-refractivity contribution in [3.8, 4) is 0 Å². The number of aliphatic hydroxyl groups excluding tert-OH is 5. The van der Waals surface area contributed by atoms with E-state index >= 15 is 0 Å². The first kappa shape index (κ1) is 81.1. The Morgan fingerprint density at radius 1 is 0.460 bits per heavy atom. The van der Waals surface area contributed by atoms with Crippen LogP contribution in [-0.2, 0) is 23.8 Å². The van der Waals surface area contributed by atoms with E-state index in [4.69, 9.17) is 14.2 Å². The number of unbranched alkanes of at least 4 members (excludes halogenated alkanes) is 27. The van der Waals surface area contributed by atoms with Crippen LogP contribution in [0.4, 0.5) is 0 Å². The molecule has 11 nitrogen and oxygen atoms in total. The first-order valence-corrected chi connectivity index (χ1v) is 35.3. The van der Waals surface area contributed by atoms with Crippen LogP contribution in [0.5, 0.6) is 0 Å². The largest absolute Gasteiger partial charge is 0.454 e. The fraction of sp³-hybridized carbons (Fsp3) is 0.711. The number of rotatable bonds is 59. The zero-order chi connectivity index (χ0) is 63.1. The van der Waals surface area contributed by atoms with E-state index in [9.17, 15) is 35.1 Å². The van der Waals surface area contributed by atoms with Gasteiger partial charge in [-0.3, -0.25) is 9.59 Å². The van der Waals surface area contributed by atoms with Crippen molar-refractivity contribution in [2.45, 2.75) is 333 Å². The van der Waals surface area contributed by atoms with Gasteiger partial charge in [-0.15, -0.1) is 0 Å². The molecule has 0 aromatic carbocycles. The molecule has 1 rings (SSSR count). The highest BCUT2D eigenvalue weighted by Crippen LogP contribution is 2.26. The minimum Gasteiger partial charge on any atom is -0.454 e. The van der Waals surface area contributed by atoms with Gasteiger partial charge in [0.15, 0.2) is 12.4 Å². The van der Waals surface area contributed by atoms with Crippen LogP contribution in [-0.4, -0.2) is 99.6 Å². The van der Waals surface area contributed by atoms with E-state index in [0.29, 0.717) is 12.8 Å². The van der Waals surface area contributed by atoms with Crippen LogP contribution in [0.3, 0.4) is 0 Å². The minimum atomic E-state index is -1.63. The van der Waals surface area contributed by atoms with Crippen molar-refractivity contribution in [2.75, 3.05) is 13.2 Å². The molecule has 498 valence electrons. The van der Waals surface area contributed by atoms with E-state index in [2.05, 4.69) is 135 Å². The number of ether oxygens (including phenoxy) is 3. The number of hydrogen-bond donors (Lipinski definition) is 6. The summed E-state index contributed by atoms with van der Waals surface area (Å²) >= 11 is 0. The molecule has 1 fully saturated rings. The summed E-state index contributed by atoms with van der Waals surface area (Å²) in [6.45, 7) is 5.64. The third-order valence-corrected chi connectivity index (χ3v) is 15.8. The van der Waals surface area contributed by atoms with Crippen LogP contribution in [0.2, 0.25) is 0 Å². The van der Waals surface area contributed by atoms with E-state index in [1.54, 1.807) is 6.08 Å². The van der Waals surface area contributed by atoms with Crippen LogP contribution in [0.1, 0.15) is 284 Å². The summed E-state index contributed by atoms with van der Waals surface area (Å²) in [4.78, 5) is 26.7. The van der Waals surface area contributed by atoms with Crippen LogP contribution in [0.15, 0.2) is 122 Å². The second-order valence-electron chi connectivity index (χ2n) is 23.9. The molecule has 1 heterocycles. The van der Waals surface area contributed by atoms with Gasteiger partial charge in [0.1, 0.15) is 24.4 Å². The lowest BCUT2D eigenvalue weighted by atomic mass is 9.99. The van der Waals surface area contributed by atoms with Gasteiger partial charge in [-0.2, -0.15) is 0 Å². The van der Waals surface area contributed by atoms with Gasteiger partial charge < -0.3 is 45.1 Å². The van der Waals surface area contributed by atoms with Gasteiger partial charge in [-0.05, 0) is 116 Å². The molecule has 1 aliphatic rings. The van der Waals surface area contributed by atoms with E-state index < -0.39 is 67.4 Å². The molecular weight excluding hydrogens is 1090 g/mol. The Labute approximate surface area is 531 Å². The predicted octanol–water partition coefficient (Wildman–Crippen LogP) is 18.2. The summed E-state index contributed by atoms with van der Waals surface area (Å²) in [5.41, 5.74) is 0. The molecule has 11 heteroatoms. The summed E-state index contributed by atoms with van der Waals surface area (Å²) in [6.07, 6.45) is 76.6. The van der Waals surface area contributed by atoms with Gasteiger partial charge in [-0.25, -0.2) is 0 Å². The number of aliphatic hydroxyl groups is 5. The molecule has 0 spiro atoms. The number of nitrogens with one attached hydrogen (secondary N) is 1. The molecule has 0 bridgehead atoms. The first-order chi connectivity index (χ1) is 42.7. The van der Waals surface area contributed by atoms with E-state index in [-0.39, 0.29) is 19.4 Å². The molecule has 1 amide bonds. The van der Waals surface area contributed by atoms with Gasteiger partial charge in [0.05, 0.1) is 25.4 Å². The quantitative estimate of drug-likeness (QED) is 0.0195. The van der Waals surface area contributed by atoms with Crippen molar-refractivity contribution in [2.24, 2.45) is 0 Å². The fourth-order valence-electron chi connectivity index (χ4n) is 10.3. The van der Waals surface area contributed by atoms with Crippen molar-refractivity contribution in [1.29, 1.82) is 0 Å². The summed E-state index contributed by atoms with van der Waals surface area (Å²) in [6, 6.07) is -1.04. The first-order valence-electron chi connectivity index (χ1n) is 35.3. The van der Waals surface area contributed by atoms with Crippen LogP contribution < -0.4 is 5.32 Å². The Morgan fingerprint density at radius 3 is 1.26 bits per heavy atom. The molecular formula is C76H129NO10. The Kier molecular flexibility index (Phi) is 58.0. The number of esters is 1. The highest BCUT2D eigenvalue weighted by molar-refractivity contribution is 5.80. The topological polar surface area (TPSA) is 175 Å². The van der Waals surface area contributed by atoms with Crippen molar-refractivity contribution in [3.63, 3.8) is 0 Å². The van der Waals surface area contributed by atoms with Crippen molar-refractivity contribution >= 4 is 11.9 Å². The minimum absolute atomic E-state index is 0.111. The highest BCUT2D eigenvalue weighted by atomic mass is 16.7. The monoisotopic (exact) mass is 1220 g/mol. The summed E-state index contributed by atoms with van der Waals surface area (Å²) in [5.74, 6) is -1.22. The van der Waals surface area contributed by atoms with Crippen molar-refractivity contribution < 1.29 is 49.3 Å². The third kappa shape index (κ3) is 49.5. The standard InChI is InChI=1S/C76H129NO10/c1-4-7-10-13-16-19-22-24-26-28-30-32-34-36-37-39-41-43-45-48-51-54-57-60-63-69(80)75(84)77-67(68(79)62-59-56-53-50-47-21-18-15-12-9-6-3)66-85-76-74(73(83)72(82)70(65-78)86-76)87-71(81)64-61-58-55-52-49-46-44-42-40-38-35-33-31-29-27-25-23-20-17-14-11-8-5-2/h7,10,16-17,19-20,24-27,30-33,36-37,41,43,59,62,67-70,72-74,76,78-80,82-83H,4-6,8-9,11-15,18,21-23,28-29,34-35,38-40,42,44-58,60-61,63-66H2,1-3H3,(H,77,84)/b10-7-,19-16-,20-17-,26-24-,27-25-,32-30-,33-31-,37-36-,43-41-,62-59+. The molecule has 0 aliphatic carbocycles. The Hall–Kier alpha value is -3.94. The summed E-state index contributed by atoms with van der Waals surface area (Å²) in [7, 11) is 0. The SMILES string of the molecule is CC/C=C\C/C=C\C/C=C\C/C=C\C/C=C\C/C=C\CCCCCCCC(O)C(=O)NC(COC1OC(CO)C(O)C(O)C1OC(=O)CCCCCCCCCCCC/C=C\C/C=C\C/C=C\CCCCC)C(O)/C=C/CCCCCCCCCCC. The lowest BCUT2D eigenvalue weighted by Crippen LogP contribution is -2.61. The van der Waals surface area contributed by atoms with E-state index in [0.717, 1.165) is 141 Å². The zero-order valence-corrected chi connectivity index (χ0v) is 55.3. The van der Waals surface area contributed by atoms with Gasteiger partial charge in [0.2, 0.25) is 5.91 Å². The second kappa shape index (κ2) is 62.3. The van der Waals surface area contributed by atoms with Crippen molar-refractivity contribution in [3.05, 3.63) is 122 Å². The lowest BCUT2D eigenvalue weighted by molar-refractivity contribution is -0.305. The molecule has 1 saturated heterocycles. The maximum Gasteiger partial charge on any atom is 0.306 e. The fourth-order valence-corrected chi connectivity index (χ4v) is 10.3. The highest BCUT2D eigenvalue weighted by Gasteiger charge is 2.47. The molecule has 8 unspecified atom stereocenters. The normalized spacial score (nSPS) is 19.0. The predicted molar refractivity (Wildman–Crippen MR) is 365 cm³/mol. The summed E-state index contributed by atoms with van der Waals surface area (Å²) < 4.78 is 17.7. The smallest absolute Gasteiger partial charge is 0.306 e. The van der Waals surface area contributed by atoms with Gasteiger partial charge in [0, 0.05) is 6.42 Å². The number of carbonyl (C=O) groups excluding carboxylic acids is 2. The number of amides is 1. The van der Waals surface area contributed by atoms with Gasteiger partial charge >= 0.3 is 5.97 Å². The molecule has 1 aliphatic heterocycles. The molecule has 6 N–H and O–H groups in total. The molecule has 0 aromatic rings. The van der Waals surface area contributed by atoms with E-state index in [1.807, 2.05) is 6.08 Å². The second-order valence-corrected chi connectivity index (χ2v) is 23.9. The Balaban J connectivity index is 2.59. The average Bonchev–Trinajstić information content (AvgIpc) is 1.30. The third-order valence-electron chi connectivity index (χ3n) is 15.8. The molecule has 8 atom stereocenters. The maximum atomic E-state index is 13.5. The zero-order valence-electron chi connectivity index (χ0n) is 55.3. The summed E-state index contributed by atoms with van der Waals surface area (Å²) in [5, 5.41) is 57.2. The van der Waals surface area contributed by atoms with E-state index in [1.165, 1.54) is 96.3 Å². The number of carbonyl (C=O) groups is 2. The average molecular weight is 1220 g/mol. The molecule has 0 saturated carbocycles. The van der Waals surface area contributed by atoms with Gasteiger partial charge in [0.25, 0.3) is 0 Å². The van der Waals surface area contributed by atoms with Gasteiger partial charge in [-0.1, -0.05) is 284 Å². The molecule has 87 heavy (non-hydrogen) atoms. The Bertz CT molecular complexity index is 1880. The molecule has 0 radical (unpaired) electrons. The van der Waals surface area contributed by atoms with Crippen LogP contribution in [0, 0.1) is 0 Å². The Morgan fingerprint density at radius 2 is 0.828 bits per heavy atom. The van der Waals surface area contributed by atoms with Crippen molar-refractivity contribution in [1.82, 2.24) is 5.32 Å². The molecule has 0 aromatic heterocycles. The maximum absolute atomic E-state index is 13.5. The number of allylic oxidation sites excluding steroid dienone is 19. The van der Waals surface area contributed by atoms with Crippen LogP contribution in [0.25, 0.3) is 0 Å². The van der Waals surface area contributed by atoms with Crippen LogP contribution >= 0.6 is 0 Å².